The molecule has 0 fully saturated rings. The first-order chi connectivity index (χ1) is 11.9. The van der Waals surface area contributed by atoms with Crippen LogP contribution in [0.5, 0.6) is 5.88 Å². The lowest BCUT2D eigenvalue weighted by Crippen LogP contribution is -2.07. The van der Waals surface area contributed by atoms with Crippen molar-refractivity contribution in [2.24, 2.45) is 5.73 Å². The van der Waals surface area contributed by atoms with Gasteiger partial charge in [0.2, 0.25) is 11.8 Å². The van der Waals surface area contributed by atoms with E-state index in [1.165, 1.54) is 6.08 Å². The monoisotopic (exact) mass is 336 g/mol. The summed E-state index contributed by atoms with van der Waals surface area (Å²) in [4.78, 5) is 22.9. The molecule has 6 nitrogen and oxygen atoms in total. The molecule has 0 atom stereocenters. The number of aryl methyl sites for hydroxylation is 1. The second-order valence-electron chi connectivity index (χ2n) is 6.10. The van der Waals surface area contributed by atoms with E-state index in [9.17, 15) is 4.79 Å². The zero-order valence-electron chi connectivity index (χ0n) is 14.4. The molecule has 3 N–H and O–H groups in total. The van der Waals surface area contributed by atoms with Crippen molar-refractivity contribution in [2.75, 3.05) is 0 Å². The highest BCUT2D eigenvalue weighted by Gasteiger charge is 2.09. The van der Waals surface area contributed by atoms with Gasteiger partial charge >= 0.3 is 0 Å². The van der Waals surface area contributed by atoms with Crippen molar-refractivity contribution in [3.63, 3.8) is 0 Å². The van der Waals surface area contributed by atoms with Crippen molar-refractivity contribution in [3.8, 4) is 17.0 Å². The van der Waals surface area contributed by atoms with Gasteiger partial charge in [-0.05, 0) is 44.5 Å². The Labute approximate surface area is 145 Å². The molecular formula is C19H20N4O2. The third-order valence-corrected chi connectivity index (χ3v) is 3.61. The summed E-state index contributed by atoms with van der Waals surface area (Å²) in [6.45, 7) is 5.86. The van der Waals surface area contributed by atoms with Crippen LogP contribution in [0.4, 0.5) is 0 Å². The largest absolute Gasteiger partial charge is 0.475 e. The molecule has 6 heteroatoms. The molecule has 3 heterocycles. The number of nitrogens with zero attached hydrogens (tertiary/aromatic N) is 2. The van der Waals surface area contributed by atoms with Gasteiger partial charge in [-0.15, -0.1) is 0 Å². The van der Waals surface area contributed by atoms with E-state index in [0.29, 0.717) is 5.88 Å². The molecule has 0 aliphatic carbocycles. The van der Waals surface area contributed by atoms with E-state index in [-0.39, 0.29) is 6.10 Å². The molecule has 3 aromatic heterocycles. The topological polar surface area (TPSA) is 93.9 Å². The summed E-state index contributed by atoms with van der Waals surface area (Å²) in [5.74, 6) is 0.103. The molecule has 0 aliphatic rings. The lowest BCUT2D eigenvalue weighted by Gasteiger charge is -2.11. The zero-order valence-corrected chi connectivity index (χ0v) is 14.4. The Kier molecular flexibility index (Phi) is 4.52. The smallest absolute Gasteiger partial charge is 0.241 e. The van der Waals surface area contributed by atoms with Crippen molar-refractivity contribution in [1.82, 2.24) is 15.0 Å². The number of H-pyrrole nitrogens is 1. The van der Waals surface area contributed by atoms with E-state index in [2.05, 4.69) is 15.0 Å². The number of carbonyl (C=O) groups is 1. The van der Waals surface area contributed by atoms with Crippen molar-refractivity contribution >= 4 is 23.0 Å². The molecule has 0 bridgehead atoms. The summed E-state index contributed by atoms with van der Waals surface area (Å²) in [5, 5.41) is 0.913. The first-order valence-corrected chi connectivity index (χ1v) is 8.03. The second-order valence-corrected chi connectivity index (χ2v) is 6.10. The number of hydrogen-bond donors (Lipinski definition) is 2. The van der Waals surface area contributed by atoms with Gasteiger partial charge in [-0.1, -0.05) is 0 Å². The number of nitrogens with one attached hydrogen (secondary N) is 1. The van der Waals surface area contributed by atoms with Crippen LogP contribution in [-0.2, 0) is 4.79 Å². The van der Waals surface area contributed by atoms with E-state index < -0.39 is 5.91 Å². The van der Waals surface area contributed by atoms with Gasteiger partial charge in [0.05, 0.1) is 6.10 Å². The third kappa shape index (κ3) is 3.85. The highest BCUT2D eigenvalue weighted by molar-refractivity contribution is 5.95. The van der Waals surface area contributed by atoms with E-state index in [0.717, 1.165) is 33.4 Å². The van der Waals surface area contributed by atoms with Gasteiger partial charge in [0.1, 0.15) is 5.65 Å². The average molecular weight is 336 g/mol. The molecule has 25 heavy (non-hydrogen) atoms. The van der Waals surface area contributed by atoms with Crippen LogP contribution in [0.15, 0.2) is 36.7 Å². The normalized spacial score (nSPS) is 11.5. The number of aromatic nitrogens is 3. The number of aromatic amines is 1. The number of primary amides is 1. The van der Waals surface area contributed by atoms with Crippen molar-refractivity contribution in [3.05, 3.63) is 47.9 Å². The molecule has 0 aliphatic heterocycles. The predicted molar refractivity (Wildman–Crippen MR) is 98.1 cm³/mol. The summed E-state index contributed by atoms with van der Waals surface area (Å²) in [5.41, 5.74) is 9.57. The summed E-state index contributed by atoms with van der Waals surface area (Å²) < 4.78 is 5.72. The minimum Gasteiger partial charge on any atom is -0.475 e. The second kappa shape index (κ2) is 6.76. The van der Waals surface area contributed by atoms with Crippen LogP contribution in [0.2, 0.25) is 0 Å². The summed E-state index contributed by atoms with van der Waals surface area (Å²) in [6.07, 6.45) is 6.66. The van der Waals surface area contributed by atoms with Crippen LogP contribution < -0.4 is 10.5 Å². The van der Waals surface area contributed by atoms with Crippen molar-refractivity contribution < 1.29 is 9.53 Å². The fraction of sp³-hybridized carbons (Fsp3) is 0.211. The lowest BCUT2D eigenvalue weighted by molar-refractivity contribution is -0.113. The average Bonchev–Trinajstić information content (AvgIpc) is 2.94. The zero-order chi connectivity index (χ0) is 18.0. The Balaban J connectivity index is 2.05. The molecule has 0 saturated carbocycles. The first kappa shape index (κ1) is 16.7. The standard InChI is InChI=1S/C19H20N4O2/c1-11(2)25-18-8-14(6-12(3)23-18)15-7-16-13(4-5-17(20)24)9-21-19(16)22-10-15/h4-11H,1-3H3,(H2,20,24)(H,21,22)/b5-4+. The van der Waals surface area contributed by atoms with Crippen molar-refractivity contribution in [2.45, 2.75) is 26.9 Å². The van der Waals surface area contributed by atoms with Gasteiger partial charge in [-0.3, -0.25) is 4.79 Å². The van der Waals surface area contributed by atoms with E-state index in [1.54, 1.807) is 18.5 Å². The van der Waals surface area contributed by atoms with Crippen molar-refractivity contribution in [1.29, 1.82) is 0 Å². The van der Waals surface area contributed by atoms with Gasteiger partial charge in [0, 0.05) is 46.7 Å². The number of hydrogen-bond acceptors (Lipinski definition) is 4. The minimum absolute atomic E-state index is 0.0537. The van der Waals surface area contributed by atoms with Gasteiger partial charge in [0.25, 0.3) is 0 Å². The Bertz CT molecular complexity index is 957. The maximum Gasteiger partial charge on any atom is 0.241 e. The molecule has 0 spiro atoms. The molecule has 0 radical (unpaired) electrons. The Morgan fingerprint density at radius 1 is 1.28 bits per heavy atom. The van der Waals surface area contributed by atoms with E-state index in [4.69, 9.17) is 10.5 Å². The Morgan fingerprint density at radius 2 is 2.08 bits per heavy atom. The summed E-state index contributed by atoms with van der Waals surface area (Å²) in [7, 11) is 0. The number of ether oxygens (including phenoxy) is 1. The number of fused-ring (bicyclic) bond motifs is 1. The third-order valence-electron chi connectivity index (χ3n) is 3.61. The molecule has 3 rings (SSSR count). The van der Waals surface area contributed by atoms with Crippen LogP contribution in [0.1, 0.15) is 25.1 Å². The minimum atomic E-state index is -0.487. The lowest BCUT2D eigenvalue weighted by atomic mass is 10.1. The van der Waals surface area contributed by atoms with E-state index >= 15 is 0 Å². The fourth-order valence-corrected chi connectivity index (χ4v) is 2.60. The summed E-state index contributed by atoms with van der Waals surface area (Å²) in [6, 6.07) is 5.91. The first-order valence-electron chi connectivity index (χ1n) is 8.03. The molecule has 0 unspecified atom stereocenters. The number of amides is 1. The Morgan fingerprint density at radius 3 is 2.80 bits per heavy atom. The van der Waals surface area contributed by atoms with E-state index in [1.807, 2.05) is 39.0 Å². The molecule has 0 aromatic carbocycles. The van der Waals surface area contributed by atoms with Crippen LogP contribution in [-0.4, -0.2) is 27.0 Å². The van der Waals surface area contributed by atoms with Crippen LogP contribution in [0.25, 0.3) is 28.2 Å². The maximum absolute atomic E-state index is 11.0. The maximum atomic E-state index is 11.0. The van der Waals surface area contributed by atoms with Gasteiger partial charge in [-0.2, -0.15) is 0 Å². The Hall–Kier alpha value is -3.15. The highest BCUT2D eigenvalue weighted by Crippen LogP contribution is 2.28. The van der Waals surface area contributed by atoms with Gasteiger partial charge < -0.3 is 15.5 Å². The summed E-state index contributed by atoms with van der Waals surface area (Å²) >= 11 is 0. The number of carbonyl (C=O) groups excluding carboxylic acids is 1. The molecule has 1 amide bonds. The SMILES string of the molecule is Cc1cc(-c2cnc3[nH]cc(/C=C/C(N)=O)c3c2)cc(OC(C)C)n1. The number of rotatable bonds is 5. The quantitative estimate of drug-likeness (QED) is 0.700. The van der Waals surface area contributed by atoms with Crippen LogP contribution in [0.3, 0.4) is 0 Å². The fourth-order valence-electron chi connectivity index (χ4n) is 2.60. The van der Waals surface area contributed by atoms with Crippen LogP contribution in [0, 0.1) is 6.92 Å². The predicted octanol–water partition coefficient (Wildman–Crippen LogP) is 3.22. The number of nitrogens with two attached hydrogens (primary N) is 1. The number of pyridine rings is 2. The highest BCUT2D eigenvalue weighted by atomic mass is 16.5. The van der Waals surface area contributed by atoms with Gasteiger partial charge in [0.15, 0.2) is 0 Å². The molecule has 0 saturated heterocycles. The molecule has 3 aromatic rings. The van der Waals surface area contributed by atoms with Gasteiger partial charge in [-0.25, -0.2) is 9.97 Å². The van der Waals surface area contributed by atoms with Crippen LogP contribution >= 0.6 is 0 Å². The molecular weight excluding hydrogens is 316 g/mol. The molecule has 128 valence electrons.